The van der Waals surface area contributed by atoms with E-state index in [4.69, 9.17) is 18.9 Å². The van der Waals surface area contributed by atoms with Gasteiger partial charge in [-0.15, -0.1) is 0 Å². The second-order valence-electron chi connectivity index (χ2n) is 4.89. The number of carbonyl (C=O) groups excluding carboxylic acids is 3. The van der Waals surface area contributed by atoms with Crippen molar-refractivity contribution in [3.8, 4) is 0 Å². The highest BCUT2D eigenvalue weighted by Crippen LogP contribution is 2.31. The molecule has 8 nitrogen and oxygen atoms in total. The molecule has 0 saturated carbocycles. The Labute approximate surface area is 122 Å². The number of aldehydes is 1. The third-order valence-electron chi connectivity index (χ3n) is 3.85. The van der Waals surface area contributed by atoms with Gasteiger partial charge >= 0.3 is 0 Å². The van der Waals surface area contributed by atoms with Crippen LogP contribution in [0.2, 0.25) is 0 Å². The van der Waals surface area contributed by atoms with E-state index in [1.54, 1.807) is 0 Å². The summed E-state index contributed by atoms with van der Waals surface area (Å²) in [5.41, 5.74) is 0. The Morgan fingerprint density at radius 1 is 1.05 bits per heavy atom. The number of imide groups is 1. The van der Waals surface area contributed by atoms with Gasteiger partial charge in [0.05, 0.1) is 0 Å². The number of rotatable bonds is 5. The third kappa shape index (κ3) is 2.71. The Bertz CT molecular complexity index is 411. The van der Waals surface area contributed by atoms with E-state index in [-0.39, 0.29) is 24.7 Å². The normalized spacial score (nSPS) is 37.1. The van der Waals surface area contributed by atoms with Crippen LogP contribution in [0.15, 0.2) is 0 Å². The van der Waals surface area contributed by atoms with Crippen LogP contribution < -0.4 is 0 Å². The van der Waals surface area contributed by atoms with E-state index in [0.29, 0.717) is 6.29 Å². The lowest BCUT2D eigenvalue weighted by atomic mass is 9.95. The topological polar surface area (TPSA) is 91.4 Å². The fraction of sp³-hybridized carbons (Fsp3) is 0.769. The van der Waals surface area contributed by atoms with E-state index in [0.717, 1.165) is 4.90 Å². The van der Waals surface area contributed by atoms with Crippen molar-refractivity contribution in [1.29, 1.82) is 0 Å². The first-order valence-electron chi connectivity index (χ1n) is 6.63. The summed E-state index contributed by atoms with van der Waals surface area (Å²) in [6.45, 7) is 0. The van der Waals surface area contributed by atoms with Crippen LogP contribution >= 0.6 is 0 Å². The van der Waals surface area contributed by atoms with Crippen molar-refractivity contribution >= 4 is 18.1 Å². The van der Waals surface area contributed by atoms with Gasteiger partial charge in [-0.25, -0.2) is 0 Å². The number of carbonyl (C=O) groups is 3. The minimum Gasteiger partial charge on any atom is -0.376 e. The van der Waals surface area contributed by atoms with Crippen LogP contribution in [-0.2, 0) is 33.3 Å². The Hall–Kier alpha value is -1.35. The lowest BCUT2D eigenvalue weighted by molar-refractivity contribution is -0.269. The van der Waals surface area contributed by atoms with Crippen molar-refractivity contribution in [2.75, 3.05) is 21.3 Å². The molecule has 2 aliphatic rings. The molecule has 0 aliphatic carbocycles. The highest BCUT2D eigenvalue weighted by molar-refractivity contribution is 6.02. The molecule has 118 valence electrons. The first-order chi connectivity index (χ1) is 10.1. The maximum atomic E-state index is 12.0. The standard InChI is InChI=1S/C13H19NO7/c1-18-11-7(6-15)21-13(20-3)10(12(11)19-2)14-8(16)4-5-9(14)17/h6-7,10-13H,4-5H2,1-3H3. The van der Waals surface area contributed by atoms with E-state index in [1.165, 1.54) is 21.3 Å². The monoisotopic (exact) mass is 301 g/mol. The Kier molecular flexibility index (Phi) is 5.04. The molecule has 21 heavy (non-hydrogen) atoms. The van der Waals surface area contributed by atoms with Gasteiger partial charge in [-0.1, -0.05) is 0 Å². The van der Waals surface area contributed by atoms with Crippen molar-refractivity contribution < 1.29 is 33.3 Å². The summed E-state index contributed by atoms with van der Waals surface area (Å²) in [4.78, 5) is 36.2. The van der Waals surface area contributed by atoms with Gasteiger partial charge in [0.25, 0.3) is 0 Å². The van der Waals surface area contributed by atoms with Gasteiger partial charge < -0.3 is 23.7 Å². The van der Waals surface area contributed by atoms with Crippen LogP contribution in [0.4, 0.5) is 0 Å². The van der Waals surface area contributed by atoms with Crippen molar-refractivity contribution in [2.45, 2.75) is 43.5 Å². The molecule has 0 aromatic heterocycles. The van der Waals surface area contributed by atoms with Gasteiger partial charge in [0.2, 0.25) is 11.8 Å². The fourth-order valence-electron chi connectivity index (χ4n) is 2.89. The maximum absolute atomic E-state index is 12.0. The van der Waals surface area contributed by atoms with Gasteiger partial charge in [-0.2, -0.15) is 0 Å². The van der Waals surface area contributed by atoms with Crippen LogP contribution in [0, 0.1) is 0 Å². The SMILES string of the molecule is COC1OC(C=O)C(OC)C(OC)C1N1C(=O)CCC1=O. The molecule has 2 fully saturated rings. The van der Waals surface area contributed by atoms with Crippen LogP contribution in [0.25, 0.3) is 0 Å². The van der Waals surface area contributed by atoms with Gasteiger partial charge in [-0.05, 0) is 0 Å². The summed E-state index contributed by atoms with van der Waals surface area (Å²) in [5.74, 6) is -0.616. The molecule has 2 rings (SSSR count). The second kappa shape index (κ2) is 6.61. The maximum Gasteiger partial charge on any atom is 0.230 e. The molecule has 2 saturated heterocycles. The molecule has 0 spiro atoms. The summed E-state index contributed by atoms with van der Waals surface area (Å²) < 4.78 is 21.4. The fourth-order valence-corrected chi connectivity index (χ4v) is 2.89. The molecule has 2 heterocycles. The number of nitrogens with zero attached hydrogens (tertiary/aromatic N) is 1. The molecule has 0 bridgehead atoms. The van der Waals surface area contributed by atoms with Crippen LogP contribution in [-0.4, -0.2) is 75.0 Å². The molecular formula is C13H19NO7. The average Bonchev–Trinajstić information content (AvgIpc) is 2.83. The molecule has 0 N–H and O–H groups in total. The smallest absolute Gasteiger partial charge is 0.230 e. The Balaban J connectivity index is 2.36. The van der Waals surface area contributed by atoms with Crippen molar-refractivity contribution in [2.24, 2.45) is 0 Å². The molecule has 2 aliphatic heterocycles. The zero-order valence-corrected chi connectivity index (χ0v) is 12.2. The lowest BCUT2D eigenvalue weighted by Gasteiger charge is -2.45. The lowest BCUT2D eigenvalue weighted by Crippen LogP contribution is -2.66. The van der Waals surface area contributed by atoms with Crippen LogP contribution in [0.5, 0.6) is 0 Å². The summed E-state index contributed by atoms with van der Waals surface area (Å²) in [6.07, 6.45) is -2.39. The molecule has 8 heteroatoms. The van der Waals surface area contributed by atoms with Crippen LogP contribution in [0.3, 0.4) is 0 Å². The molecule has 2 amide bonds. The van der Waals surface area contributed by atoms with E-state index in [1.807, 2.05) is 0 Å². The zero-order valence-electron chi connectivity index (χ0n) is 12.2. The summed E-state index contributed by atoms with van der Waals surface area (Å²) in [6, 6.07) is -0.788. The van der Waals surface area contributed by atoms with Crippen LogP contribution in [0.1, 0.15) is 12.8 Å². The number of hydrogen-bond acceptors (Lipinski definition) is 7. The summed E-state index contributed by atoms with van der Waals surface area (Å²) >= 11 is 0. The average molecular weight is 301 g/mol. The molecule has 0 aromatic carbocycles. The first-order valence-corrected chi connectivity index (χ1v) is 6.63. The predicted molar refractivity (Wildman–Crippen MR) is 68.2 cm³/mol. The number of methoxy groups -OCH3 is 3. The first kappa shape index (κ1) is 16.0. The minimum absolute atomic E-state index is 0.150. The number of hydrogen-bond donors (Lipinski definition) is 0. The van der Waals surface area contributed by atoms with Gasteiger partial charge in [0.15, 0.2) is 12.6 Å². The molecule has 0 radical (unpaired) electrons. The van der Waals surface area contributed by atoms with E-state index in [2.05, 4.69) is 0 Å². The van der Waals surface area contributed by atoms with E-state index in [9.17, 15) is 14.4 Å². The van der Waals surface area contributed by atoms with Gasteiger partial charge in [-0.3, -0.25) is 14.5 Å². The Morgan fingerprint density at radius 3 is 2.05 bits per heavy atom. The highest BCUT2D eigenvalue weighted by atomic mass is 16.7. The molecule has 5 unspecified atom stereocenters. The largest absolute Gasteiger partial charge is 0.376 e. The number of ether oxygens (including phenoxy) is 4. The van der Waals surface area contributed by atoms with E-state index < -0.39 is 30.6 Å². The number of amides is 2. The third-order valence-corrected chi connectivity index (χ3v) is 3.85. The summed E-state index contributed by atoms with van der Waals surface area (Å²) in [5, 5.41) is 0. The highest BCUT2D eigenvalue weighted by Gasteiger charge is 2.53. The summed E-state index contributed by atoms with van der Waals surface area (Å²) in [7, 11) is 4.22. The zero-order chi connectivity index (χ0) is 15.6. The van der Waals surface area contributed by atoms with Crippen molar-refractivity contribution in [1.82, 2.24) is 4.90 Å². The quantitative estimate of drug-likeness (QED) is 0.480. The van der Waals surface area contributed by atoms with Gasteiger partial charge in [0, 0.05) is 34.2 Å². The number of likely N-dealkylation sites (tertiary alicyclic amines) is 1. The predicted octanol–water partition coefficient (Wildman–Crippen LogP) is -0.896. The minimum atomic E-state index is -0.942. The van der Waals surface area contributed by atoms with Crippen molar-refractivity contribution in [3.63, 3.8) is 0 Å². The van der Waals surface area contributed by atoms with Crippen molar-refractivity contribution in [3.05, 3.63) is 0 Å². The van der Waals surface area contributed by atoms with Gasteiger partial charge in [0.1, 0.15) is 24.4 Å². The Morgan fingerprint density at radius 2 is 1.62 bits per heavy atom. The molecule has 0 aromatic rings. The van der Waals surface area contributed by atoms with E-state index >= 15 is 0 Å². The molecule has 5 atom stereocenters. The molecular weight excluding hydrogens is 282 g/mol. The second-order valence-corrected chi connectivity index (χ2v) is 4.89.